The molecule has 1 aliphatic heterocycles. The third-order valence-corrected chi connectivity index (χ3v) is 5.24. The summed E-state index contributed by atoms with van der Waals surface area (Å²) in [6.45, 7) is 11.6. The van der Waals surface area contributed by atoms with Crippen LogP contribution < -0.4 is 4.74 Å². The van der Waals surface area contributed by atoms with Gasteiger partial charge in [0.15, 0.2) is 0 Å². The van der Waals surface area contributed by atoms with E-state index in [9.17, 15) is 0 Å². The molecule has 1 aliphatic rings. The van der Waals surface area contributed by atoms with Crippen molar-refractivity contribution in [3.63, 3.8) is 0 Å². The molecule has 0 radical (unpaired) electrons. The van der Waals surface area contributed by atoms with Gasteiger partial charge in [0.25, 0.3) is 0 Å². The van der Waals surface area contributed by atoms with Crippen LogP contribution in [0.5, 0.6) is 5.75 Å². The minimum atomic E-state index is 0.412. The van der Waals surface area contributed by atoms with Crippen LogP contribution >= 0.6 is 0 Å². The Morgan fingerprint density at radius 2 is 1.92 bits per heavy atom. The van der Waals surface area contributed by atoms with E-state index < -0.39 is 0 Å². The predicted octanol–water partition coefficient (Wildman–Crippen LogP) is 2.98. The summed E-state index contributed by atoms with van der Waals surface area (Å²) in [5.41, 5.74) is 4.67. The average Bonchev–Trinajstić information content (AvgIpc) is 2.65. The summed E-state index contributed by atoms with van der Waals surface area (Å²) >= 11 is 0. The lowest BCUT2D eigenvalue weighted by molar-refractivity contribution is 0.0967. The van der Waals surface area contributed by atoms with E-state index >= 15 is 0 Å². The highest BCUT2D eigenvalue weighted by Crippen LogP contribution is 2.26. The number of aromatic nitrogens is 2. The van der Waals surface area contributed by atoms with Crippen LogP contribution in [0.25, 0.3) is 0 Å². The van der Waals surface area contributed by atoms with Gasteiger partial charge in [0.1, 0.15) is 5.75 Å². The molecule has 5 nitrogen and oxygen atoms in total. The number of pyridine rings is 2. The number of piperazine rings is 1. The van der Waals surface area contributed by atoms with Crippen molar-refractivity contribution >= 4 is 0 Å². The molecule has 3 heterocycles. The lowest BCUT2D eigenvalue weighted by Gasteiger charge is -2.38. The number of aryl methyl sites for hydroxylation is 1. The molecule has 25 heavy (non-hydrogen) atoms. The van der Waals surface area contributed by atoms with E-state index in [1.54, 1.807) is 7.11 Å². The van der Waals surface area contributed by atoms with Gasteiger partial charge in [-0.3, -0.25) is 19.8 Å². The number of rotatable bonds is 5. The van der Waals surface area contributed by atoms with Crippen molar-refractivity contribution in [1.29, 1.82) is 0 Å². The normalized spacial score (nSPS) is 17.4. The number of nitrogens with zero attached hydrogens (tertiary/aromatic N) is 4. The molecule has 3 rings (SSSR count). The third-order valence-electron chi connectivity index (χ3n) is 5.24. The molecular formula is C20H28N4O. The highest BCUT2D eigenvalue weighted by atomic mass is 16.5. The molecule has 1 unspecified atom stereocenters. The molecule has 0 aliphatic carbocycles. The minimum absolute atomic E-state index is 0.412. The number of hydrogen-bond acceptors (Lipinski definition) is 5. The molecule has 2 aromatic heterocycles. The van der Waals surface area contributed by atoms with Crippen LogP contribution in [0.4, 0.5) is 0 Å². The van der Waals surface area contributed by atoms with Crippen LogP contribution in [-0.4, -0.2) is 53.1 Å². The van der Waals surface area contributed by atoms with Crippen LogP contribution in [0.1, 0.15) is 35.3 Å². The van der Waals surface area contributed by atoms with E-state index in [0.29, 0.717) is 6.04 Å². The van der Waals surface area contributed by atoms with Crippen LogP contribution in [0, 0.1) is 13.8 Å². The molecule has 0 amide bonds. The molecule has 5 heteroatoms. The van der Waals surface area contributed by atoms with E-state index in [4.69, 9.17) is 4.74 Å². The summed E-state index contributed by atoms with van der Waals surface area (Å²) in [5, 5.41) is 0. The maximum Gasteiger partial charge on any atom is 0.128 e. The quantitative estimate of drug-likeness (QED) is 0.837. The average molecular weight is 340 g/mol. The van der Waals surface area contributed by atoms with Crippen LogP contribution in [-0.2, 0) is 6.54 Å². The molecule has 2 aromatic rings. The van der Waals surface area contributed by atoms with E-state index in [0.717, 1.165) is 55.3 Å². The second-order valence-corrected chi connectivity index (χ2v) is 6.82. The summed E-state index contributed by atoms with van der Waals surface area (Å²) in [6, 6.07) is 4.59. The molecule has 134 valence electrons. The molecule has 1 saturated heterocycles. The number of hydrogen-bond donors (Lipinski definition) is 0. The highest BCUT2D eigenvalue weighted by Gasteiger charge is 2.23. The van der Waals surface area contributed by atoms with Crippen molar-refractivity contribution in [2.24, 2.45) is 0 Å². The van der Waals surface area contributed by atoms with Crippen molar-refractivity contribution in [3.8, 4) is 5.75 Å². The maximum atomic E-state index is 5.53. The molecule has 0 aromatic carbocycles. The Morgan fingerprint density at radius 1 is 1.16 bits per heavy atom. The van der Waals surface area contributed by atoms with E-state index in [2.05, 4.69) is 39.7 Å². The first-order valence-corrected chi connectivity index (χ1v) is 8.95. The Bertz CT molecular complexity index is 696. The largest absolute Gasteiger partial charge is 0.496 e. The van der Waals surface area contributed by atoms with Crippen molar-refractivity contribution in [2.75, 3.05) is 33.3 Å². The molecule has 0 saturated carbocycles. The SMILES string of the molecule is COc1c(C)cnc(CN2CCN(C(C)c3cccnc3)CC2)c1C. The van der Waals surface area contributed by atoms with Gasteiger partial charge in [-0.15, -0.1) is 0 Å². The van der Waals surface area contributed by atoms with E-state index in [1.165, 1.54) is 5.56 Å². The fourth-order valence-corrected chi connectivity index (χ4v) is 3.58. The molecule has 0 bridgehead atoms. The molecule has 1 fully saturated rings. The smallest absolute Gasteiger partial charge is 0.128 e. The summed E-state index contributed by atoms with van der Waals surface area (Å²) in [5.74, 6) is 0.967. The zero-order chi connectivity index (χ0) is 17.8. The summed E-state index contributed by atoms with van der Waals surface area (Å²) in [7, 11) is 1.73. The first-order chi connectivity index (χ1) is 12.1. The first kappa shape index (κ1) is 17.8. The fraction of sp³-hybridized carbons (Fsp3) is 0.500. The van der Waals surface area contributed by atoms with Crippen molar-refractivity contribution in [1.82, 2.24) is 19.8 Å². The van der Waals surface area contributed by atoms with Gasteiger partial charge >= 0.3 is 0 Å². The van der Waals surface area contributed by atoms with Gasteiger partial charge < -0.3 is 4.74 Å². The monoisotopic (exact) mass is 340 g/mol. The highest BCUT2D eigenvalue weighted by molar-refractivity contribution is 5.41. The van der Waals surface area contributed by atoms with Gasteiger partial charge in [-0.1, -0.05) is 6.07 Å². The van der Waals surface area contributed by atoms with Gasteiger partial charge in [0.05, 0.1) is 12.8 Å². The first-order valence-electron chi connectivity index (χ1n) is 8.95. The van der Waals surface area contributed by atoms with Crippen molar-refractivity contribution in [2.45, 2.75) is 33.4 Å². The summed E-state index contributed by atoms with van der Waals surface area (Å²) in [4.78, 5) is 13.9. The van der Waals surface area contributed by atoms with Crippen molar-refractivity contribution in [3.05, 3.63) is 53.1 Å². The Balaban J connectivity index is 1.60. The van der Waals surface area contributed by atoms with Gasteiger partial charge in [0, 0.05) is 68.5 Å². The second kappa shape index (κ2) is 7.93. The van der Waals surface area contributed by atoms with Crippen LogP contribution in [0.2, 0.25) is 0 Å². The minimum Gasteiger partial charge on any atom is -0.496 e. The van der Waals surface area contributed by atoms with Gasteiger partial charge in [-0.25, -0.2) is 0 Å². The topological polar surface area (TPSA) is 41.5 Å². The van der Waals surface area contributed by atoms with Crippen molar-refractivity contribution < 1.29 is 4.74 Å². The zero-order valence-corrected chi connectivity index (χ0v) is 15.7. The summed E-state index contributed by atoms with van der Waals surface area (Å²) in [6.07, 6.45) is 5.73. The molecule has 0 N–H and O–H groups in total. The van der Waals surface area contributed by atoms with Gasteiger partial charge in [-0.05, 0) is 32.4 Å². The van der Waals surface area contributed by atoms with Gasteiger partial charge in [0.2, 0.25) is 0 Å². The lowest BCUT2D eigenvalue weighted by atomic mass is 10.1. The summed E-state index contributed by atoms with van der Waals surface area (Å²) < 4.78 is 5.53. The zero-order valence-electron chi connectivity index (χ0n) is 15.7. The second-order valence-electron chi connectivity index (χ2n) is 6.82. The predicted molar refractivity (Wildman–Crippen MR) is 99.8 cm³/mol. The van der Waals surface area contributed by atoms with E-state index in [-0.39, 0.29) is 0 Å². The fourth-order valence-electron chi connectivity index (χ4n) is 3.58. The Morgan fingerprint density at radius 3 is 2.56 bits per heavy atom. The lowest BCUT2D eigenvalue weighted by Crippen LogP contribution is -2.46. The number of ether oxygens (including phenoxy) is 1. The Kier molecular flexibility index (Phi) is 5.66. The standard InChI is InChI=1S/C20H28N4O/c1-15-12-22-19(16(2)20(15)25-4)14-23-8-10-24(11-9-23)17(3)18-6-5-7-21-13-18/h5-7,12-13,17H,8-11,14H2,1-4H3. The molecular weight excluding hydrogens is 312 g/mol. The molecule has 0 spiro atoms. The van der Waals surface area contributed by atoms with E-state index in [1.807, 2.05) is 31.6 Å². The molecule has 1 atom stereocenters. The number of methoxy groups -OCH3 is 1. The maximum absolute atomic E-state index is 5.53. The van der Waals surface area contributed by atoms with Crippen LogP contribution in [0.15, 0.2) is 30.7 Å². The Labute approximate surface area is 150 Å². The van der Waals surface area contributed by atoms with Crippen LogP contribution in [0.3, 0.4) is 0 Å². The Hall–Kier alpha value is -1.98. The third kappa shape index (κ3) is 3.99. The van der Waals surface area contributed by atoms with Gasteiger partial charge in [-0.2, -0.15) is 0 Å².